The third-order valence-corrected chi connectivity index (χ3v) is 9.65. The fourth-order valence-electron chi connectivity index (χ4n) is 7.21. The highest BCUT2D eigenvalue weighted by Crippen LogP contribution is 2.39. The molecule has 1 aromatic carbocycles. The zero-order chi connectivity index (χ0) is 29.2. The van der Waals surface area contributed by atoms with Crippen LogP contribution in [-0.2, 0) is 9.59 Å². The van der Waals surface area contributed by atoms with Gasteiger partial charge in [-0.25, -0.2) is 8.78 Å². The zero-order valence-electron chi connectivity index (χ0n) is 25.5. The second-order valence-corrected chi connectivity index (χ2v) is 13.5. The van der Waals surface area contributed by atoms with Gasteiger partial charge in [0.05, 0.1) is 5.92 Å². The average Bonchev–Trinajstić information content (AvgIpc) is 3.35. The van der Waals surface area contributed by atoms with E-state index in [-0.39, 0.29) is 35.2 Å². The number of likely N-dealkylation sites (tertiary alicyclic amines) is 1. The first-order valence-electron chi connectivity index (χ1n) is 15.4. The molecule has 6 nitrogen and oxygen atoms in total. The van der Waals surface area contributed by atoms with Crippen LogP contribution in [0, 0.1) is 23.5 Å². The number of halogens is 2. The molecule has 4 rings (SSSR count). The Balaban J connectivity index is 1.49. The van der Waals surface area contributed by atoms with E-state index in [1.54, 1.807) is 6.92 Å². The van der Waals surface area contributed by atoms with Gasteiger partial charge in [-0.05, 0) is 65.0 Å². The smallest absolute Gasteiger partial charge is 0.227 e. The summed E-state index contributed by atoms with van der Waals surface area (Å²) in [4.78, 5) is 35.2. The minimum absolute atomic E-state index is 0.0712. The van der Waals surface area contributed by atoms with Crippen LogP contribution in [0.4, 0.5) is 8.78 Å². The molecule has 1 saturated carbocycles. The molecular weight excluding hydrogens is 510 g/mol. The van der Waals surface area contributed by atoms with Crippen LogP contribution in [0.1, 0.15) is 85.1 Å². The van der Waals surface area contributed by atoms with Crippen molar-refractivity contribution in [3.8, 4) is 0 Å². The summed E-state index contributed by atoms with van der Waals surface area (Å²) in [5, 5.41) is 0. The molecule has 3 fully saturated rings. The van der Waals surface area contributed by atoms with Gasteiger partial charge in [0.25, 0.3) is 0 Å². The number of amides is 2. The van der Waals surface area contributed by atoms with E-state index in [9.17, 15) is 18.4 Å². The van der Waals surface area contributed by atoms with Crippen LogP contribution < -0.4 is 0 Å². The number of carbonyl (C=O) groups excluding carboxylic acids is 2. The van der Waals surface area contributed by atoms with Crippen molar-refractivity contribution >= 4 is 11.8 Å². The molecule has 2 saturated heterocycles. The molecule has 0 bridgehead atoms. The fraction of sp³-hybridized carbons (Fsp3) is 0.750. The summed E-state index contributed by atoms with van der Waals surface area (Å²) < 4.78 is 28.6. The second-order valence-electron chi connectivity index (χ2n) is 13.5. The summed E-state index contributed by atoms with van der Waals surface area (Å²) in [6, 6.07) is 4.20. The molecule has 1 unspecified atom stereocenters. The first-order chi connectivity index (χ1) is 18.9. The monoisotopic (exact) mass is 560 g/mol. The van der Waals surface area contributed by atoms with Gasteiger partial charge in [0, 0.05) is 82.3 Å². The first kappa shape index (κ1) is 30.9. The number of benzene rings is 1. The molecule has 0 spiro atoms. The Kier molecular flexibility index (Phi) is 9.92. The van der Waals surface area contributed by atoms with Gasteiger partial charge in [-0.3, -0.25) is 19.4 Å². The van der Waals surface area contributed by atoms with Crippen molar-refractivity contribution in [2.45, 2.75) is 97.2 Å². The van der Waals surface area contributed by atoms with E-state index in [1.807, 2.05) is 9.80 Å². The van der Waals surface area contributed by atoms with Crippen LogP contribution in [0.5, 0.6) is 0 Å². The molecule has 1 aromatic rings. The SMILES string of the molecule is CC(=O)N(CC(C1CCCCC1)N1CCN(C(=O)[C@@H]2CN(C(C)(C)C)C[C@H]2c2ccc(F)cc2F)CC1)C(C)C. The Morgan fingerprint density at radius 2 is 1.65 bits per heavy atom. The van der Waals surface area contributed by atoms with Crippen molar-refractivity contribution < 1.29 is 18.4 Å². The lowest BCUT2D eigenvalue weighted by atomic mass is 9.82. The third-order valence-electron chi connectivity index (χ3n) is 9.65. The molecule has 40 heavy (non-hydrogen) atoms. The number of hydrogen-bond acceptors (Lipinski definition) is 4. The van der Waals surface area contributed by atoms with Gasteiger partial charge in [0.1, 0.15) is 11.6 Å². The standard InChI is InChI=1S/C32H50F2N4O2/c1-22(2)38(23(3)39)21-30(24-10-8-7-9-11-24)35-14-16-36(17-15-35)31(40)28-20-37(32(4,5)6)19-27(28)26-13-12-25(33)18-29(26)34/h12-13,18,22,24,27-28,30H,7-11,14-17,19-21H2,1-6H3/t27-,28+,30?/m0/s1. The minimum atomic E-state index is -0.598. The Hall–Kier alpha value is -2.06. The molecule has 8 heteroatoms. The number of piperazine rings is 1. The van der Waals surface area contributed by atoms with Crippen molar-refractivity contribution in [3.63, 3.8) is 0 Å². The maximum atomic E-state index is 14.9. The number of hydrogen-bond donors (Lipinski definition) is 0. The lowest BCUT2D eigenvalue weighted by Gasteiger charge is -2.46. The van der Waals surface area contributed by atoms with Crippen molar-refractivity contribution in [1.29, 1.82) is 0 Å². The van der Waals surface area contributed by atoms with Gasteiger partial charge in [-0.2, -0.15) is 0 Å². The second kappa shape index (κ2) is 12.8. The molecule has 2 amide bonds. The highest BCUT2D eigenvalue weighted by atomic mass is 19.1. The Morgan fingerprint density at radius 3 is 2.20 bits per heavy atom. The van der Waals surface area contributed by atoms with Crippen LogP contribution >= 0.6 is 0 Å². The molecule has 0 radical (unpaired) electrons. The number of nitrogens with zero attached hydrogens (tertiary/aromatic N) is 4. The van der Waals surface area contributed by atoms with Gasteiger partial charge >= 0.3 is 0 Å². The molecule has 1 aliphatic carbocycles. The van der Waals surface area contributed by atoms with Crippen molar-refractivity contribution in [1.82, 2.24) is 19.6 Å². The summed E-state index contributed by atoms with van der Waals surface area (Å²) in [7, 11) is 0. The summed E-state index contributed by atoms with van der Waals surface area (Å²) in [5.41, 5.74) is 0.273. The predicted octanol–water partition coefficient (Wildman–Crippen LogP) is 5.13. The molecule has 3 atom stereocenters. The summed E-state index contributed by atoms with van der Waals surface area (Å²) in [6.07, 6.45) is 6.17. The molecule has 2 aliphatic heterocycles. The lowest BCUT2D eigenvalue weighted by molar-refractivity contribution is -0.138. The zero-order valence-corrected chi connectivity index (χ0v) is 25.5. The topological polar surface area (TPSA) is 47.1 Å². The largest absolute Gasteiger partial charge is 0.340 e. The summed E-state index contributed by atoms with van der Waals surface area (Å²) >= 11 is 0. The van der Waals surface area contributed by atoms with Crippen LogP contribution in [0.3, 0.4) is 0 Å². The molecule has 2 heterocycles. The van der Waals surface area contributed by atoms with E-state index in [4.69, 9.17) is 0 Å². The van der Waals surface area contributed by atoms with Crippen LogP contribution in [-0.4, -0.2) is 94.8 Å². The van der Waals surface area contributed by atoms with Crippen molar-refractivity contribution in [2.75, 3.05) is 45.8 Å². The highest BCUT2D eigenvalue weighted by Gasteiger charge is 2.45. The molecule has 0 N–H and O–H groups in total. The van der Waals surface area contributed by atoms with Gasteiger partial charge < -0.3 is 9.80 Å². The van der Waals surface area contributed by atoms with Gasteiger partial charge in [0.2, 0.25) is 11.8 Å². The Labute approximate surface area is 240 Å². The fourth-order valence-corrected chi connectivity index (χ4v) is 7.21. The normalized spacial score (nSPS) is 24.5. The third kappa shape index (κ3) is 7.04. The van der Waals surface area contributed by atoms with Gasteiger partial charge in [-0.1, -0.05) is 25.3 Å². The van der Waals surface area contributed by atoms with E-state index in [1.165, 1.54) is 44.2 Å². The predicted molar refractivity (Wildman–Crippen MR) is 155 cm³/mol. The highest BCUT2D eigenvalue weighted by molar-refractivity contribution is 5.81. The quantitative estimate of drug-likeness (QED) is 0.464. The van der Waals surface area contributed by atoms with E-state index in [0.29, 0.717) is 43.7 Å². The van der Waals surface area contributed by atoms with E-state index < -0.39 is 11.6 Å². The summed E-state index contributed by atoms with van der Waals surface area (Å²) in [5.74, 6) is -1.09. The summed E-state index contributed by atoms with van der Waals surface area (Å²) in [6.45, 7) is 16.9. The van der Waals surface area contributed by atoms with Gasteiger partial charge in [-0.15, -0.1) is 0 Å². The minimum Gasteiger partial charge on any atom is -0.340 e. The van der Waals surface area contributed by atoms with Crippen LogP contribution in [0.25, 0.3) is 0 Å². The number of carbonyl (C=O) groups is 2. The Bertz CT molecular complexity index is 1030. The van der Waals surface area contributed by atoms with E-state index >= 15 is 0 Å². The van der Waals surface area contributed by atoms with Crippen molar-refractivity contribution in [3.05, 3.63) is 35.4 Å². The maximum absolute atomic E-state index is 14.9. The Morgan fingerprint density at radius 1 is 1.00 bits per heavy atom. The molecule has 224 valence electrons. The van der Waals surface area contributed by atoms with Crippen molar-refractivity contribution in [2.24, 2.45) is 11.8 Å². The molecule has 0 aromatic heterocycles. The van der Waals surface area contributed by atoms with E-state index in [2.05, 4.69) is 44.4 Å². The van der Waals surface area contributed by atoms with E-state index in [0.717, 1.165) is 25.7 Å². The first-order valence-corrected chi connectivity index (χ1v) is 15.4. The van der Waals surface area contributed by atoms with Gasteiger partial charge in [0.15, 0.2) is 0 Å². The van der Waals surface area contributed by atoms with Crippen LogP contribution in [0.2, 0.25) is 0 Å². The molecular formula is C32H50F2N4O2. The average molecular weight is 561 g/mol. The van der Waals surface area contributed by atoms with Crippen LogP contribution in [0.15, 0.2) is 18.2 Å². The number of rotatable bonds is 7. The lowest BCUT2D eigenvalue weighted by Crippen LogP contribution is -2.58. The molecule has 3 aliphatic rings. The maximum Gasteiger partial charge on any atom is 0.227 e.